The molecule has 0 saturated carbocycles. The first-order chi connectivity index (χ1) is 9.11. The highest BCUT2D eigenvalue weighted by Gasteiger charge is 2.26. The topological polar surface area (TPSA) is 23.5 Å². The van der Waals surface area contributed by atoms with E-state index in [9.17, 15) is 0 Å². The molecule has 0 amide bonds. The molecule has 1 aliphatic rings. The standard InChI is InChI=1S/C16H21NOS/c1-16(2)13-17(9-11-19-16)12-15-7-4-3-6-14(15)8-5-10-18/h3-4,6-7,18H,9-13H2,1-2H3. The van der Waals surface area contributed by atoms with Crippen LogP contribution >= 0.6 is 11.8 Å². The molecule has 0 unspecified atom stereocenters. The Morgan fingerprint density at radius 1 is 1.37 bits per heavy atom. The fourth-order valence-corrected chi connectivity index (χ4v) is 3.58. The van der Waals surface area contributed by atoms with E-state index >= 15 is 0 Å². The van der Waals surface area contributed by atoms with Gasteiger partial charge in [0.25, 0.3) is 0 Å². The molecule has 1 aliphatic heterocycles. The van der Waals surface area contributed by atoms with Crippen molar-refractivity contribution in [3.63, 3.8) is 0 Å². The lowest BCUT2D eigenvalue weighted by Crippen LogP contribution is -2.42. The molecule has 0 aromatic heterocycles. The quantitative estimate of drug-likeness (QED) is 0.838. The molecule has 2 rings (SSSR count). The van der Waals surface area contributed by atoms with Crippen molar-refractivity contribution in [2.45, 2.75) is 25.1 Å². The average molecular weight is 275 g/mol. The number of nitrogens with zero attached hydrogens (tertiary/aromatic N) is 1. The number of thioether (sulfide) groups is 1. The molecular formula is C16H21NOS. The van der Waals surface area contributed by atoms with E-state index < -0.39 is 0 Å². The predicted molar refractivity (Wildman–Crippen MR) is 82.2 cm³/mol. The molecule has 1 aromatic carbocycles. The Hall–Kier alpha value is -0.950. The van der Waals surface area contributed by atoms with Gasteiger partial charge in [-0.15, -0.1) is 0 Å². The smallest absolute Gasteiger partial charge is 0.104 e. The normalized spacial score (nSPS) is 18.7. The van der Waals surface area contributed by atoms with Gasteiger partial charge in [-0.2, -0.15) is 11.8 Å². The first kappa shape index (κ1) is 14.5. The summed E-state index contributed by atoms with van der Waals surface area (Å²) in [6, 6.07) is 8.22. The summed E-state index contributed by atoms with van der Waals surface area (Å²) in [5, 5.41) is 8.82. The molecule has 2 nitrogen and oxygen atoms in total. The number of hydrogen-bond donors (Lipinski definition) is 1. The highest BCUT2D eigenvalue weighted by molar-refractivity contribution is 8.00. The minimum atomic E-state index is -0.0816. The summed E-state index contributed by atoms with van der Waals surface area (Å²) in [4.78, 5) is 2.50. The predicted octanol–water partition coefficient (Wildman–Crippen LogP) is 2.36. The third-order valence-corrected chi connectivity index (χ3v) is 4.52. The first-order valence-electron chi connectivity index (χ1n) is 6.65. The highest BCUT2D eigenvalue weighted by atomic mass is 32.2. The van der Waals surface area contributed by atoms with Crippen molar-refractivity contribution in [3.05, 3.63) is 35.4 Å². The summed E-state index contributed by atoms with van der Waals surface area (Å²) in [5.74, 6) is 6.97. The fraction of sp³-hybridized carbons (Fsp3) is 0.500. The average Bonchev–Trinajstić information content (AvgIpc) is 2.36. The molecule has 1 saturated heterocycles. The van der Waals surface area contributed by atoms with Crippen LogP contribution in [-0.4, -0.2) is 40.2 Å². The van der Waals surface area contributed by atoms with Crippen molar-refractivity contribution in [2.75, 3.05) is 25.4 Å². The van der Waals surface area contributed by atoms with Crippen LogP contribution in [0.3, 0.4) is 0 Å². The second-order valence-electron chi connectivity index (χ2n) is 5.44. The van der Waals surface area contributed by atoms with E-state index in [1.165, 1.54) is 11.3 Å². The highest BCUT2D eigenvalue weighted by Crippen LogP contribution is 2.30. The van der Waals surface area contributed by atoms with Gasteiger partial charge in [0.15, 0.2) is 0 Å². The number of aliphatic hydroxyl groups is 1. The summed E-state index contributed by atoms with van der Waals surface area (Å²) in [6.45, 7) is 7.72. The largest absolute Gasteiger partial charge is 0.384 e. The molecule has 0 atom stereocenters. The van der Waals surface area contributed by atoms with Crippen LogP contribution in [0.5, 0.6) is 0 Å². The van der Waals surface area contributed by atoms with Gasteiger partial charge in [-0.25, -0.2) is 0 Å². The maximum Gasteiger partial charge on any atom is 0.104 e. The maximum atomic E-state index is 8.82. The van der Waals surface area contributed by atoms with E-state index in [-0.39, 0.29) is 6.61 Å². The van der Waals surface area contributed by atoms with Gasteiger partial charge in [0.2, 0.25) is 0 Å². The molecule has 0 radical (unpaired) electrons. The van der Waals surface area contributed by atoms with Crippen LogP contribution in [-0.2, 0) is 6.54 Å². The fourth-order valence-electron chi connectivity index (χ4n) is 2.40. The molecule has 3 heteroatoms. The van der Waals surface area contributed by atoms with Crippen LogP contribution in [0.1, 0.15) is 25.0 Å². The summed E-state index contributed by atoms with van der Waals surface area (Å²) < 4.78 is 0.337. The van der Waals surface area contributed by atoms with Gasteiger partial charge in [-0.3, -0.25) is 4.90 Å². The Labute approximate surface area is 120 Å². The molecule has 19 heavy (non-hydrogen) atoms. The van der Waals surface area contributed by atoms with Gasteiger partial charge in [-0.05, 0) is 25.5 Å². The second kappa shape index (κ2) is 6.47. The van der Waals surface area contributed by atoms with Crippen LogP contribution < -0.4 is 0 Å². The molecule has 102 valence electrons. The lowest BCUT2D eigenvalue weighted by Gasteiger charge is -2.37. The van der Waals surface area contributed by atoms with Gasteiger partial charge in [0, 0.05) is 35.7 Å². The lowest BCUT2D eigenvalue weighted by atomic mass is 10.1. The van der Waals surface area contributed by atoms with E-state index in [0.29, 0.717) is 4.75 Å². The zero-order valence-corrected chi connectivity index (χ0v) is 12.5. The number of aliphatic hydroxyl groups excluding tert-OH is 1. The van der Waals surface area contributed by atoms with E-state index in [4.69, 9.17) is 5.11 Å². The number of benzene rings is 1. The van der Waals surface area contributed by atoms with Crippen LogP contribution in [0, 0.1) is 11.8 Å². The molecule has 0 spiro atoms. The molecular weight excluding hydrogens is 254 g/mol. The Bertz CT molecular complexity index is 487. The third kappa shape index (κ3) is 4.28. The summed E-state index contributed by atoms with van der Waals surface area (Å²) >= 11 is 2.05. The summed E-state index contributed by atoms with van der Waals surface area (Å²) in [6.07, 6.45) is 0. The molecule has 0 bridgehead atoms. The van der Waals surface area contributed by atoms with Crippen molar-refractivity contribution < 1.29 is 5.11 Å². The minimum absolute atomic E-state index is 0.0816. The van der Waals surface area contributed by atoms with Crippen LogP contribution in [0.25, 0.3) is 0 Å². The number of rotatable bonds is 2. The van der Waals surface area contributed by atoms with Crippen LogP contribution in [0.2, 0.25) is 0 Å². The third-order valence-electron chi connectivity index (χ3n) is 3.22. The van der Waals surface area contributed by atoms with Crippen LogP contribution in [0.4, 0.5) is 0 Å². The van der Waals surface area contributed by atoms with Crippen molar-refractivity contribution in [1.29, 1.82) is 0 Å². The molecule has 1 aromatic rings. The molecule has 1 N–H and O–H groups in total. The Kier molecular flexibility index (Phi) is 4.93. The van der Waals surface area contributed by atoms with Gasteiger partial charge < -0.3 is 5.11 Å². The van der Waals surface area contributed by atoms with E-state index in [1.54, 1.807) is 0 Å². The zero-order chi connectivity index (χ0) is 13.7. The Balaban J connectivity index is 2.10. The minimum Gasteiger partial charge on any atom is -0.384 e. The first-order valence-corrected chi connectivity index (χ1v) is 7.63. The van der Waals surface area contributed by atoms with E-state index in [1.807, 2.05) is 12.1 Å². The lowest BCUT2D eigenvalue weighted by molar-refractivity contribution is 0.252. The monoisotopic (exact) mass is 275 g/mol. The van der Waals surface area contributed by atoms with Crippen molar-refractivity contribution in [3.8, 4) is 11.8 Å². The zero-order valence-electron chi connectivity index (χ0n) is 11.6. The summed E-state index contributed by atoms with van der Waals surface area (Å²) in [7, 11) is 0. The van der Waals surface area contributed by atoms with Gasteiger partial charge in [0.1, 0.15) is 6.61 Å². The van der Waals surface area contributed by atoms with Crippen LogP contribution in [0.15, 0.2) is 24.3 Å². The van der Waals surface area contributed by atoms with Crippen molar-refractivity contribution >= 4 is 11.8 Å². The van der Waals surface area contributed by atoms with E-state index in [2.05, 4.69) is 54.5 Å². The van der Waals surface area contributed by atoms with E-state index in [0.717, 1.165) is 25.2 Å². The molecule has 1 heterocycles. The van der Waals surface area contributed by atoms with Gasteiger partial charge in [-0.1, -0.05) is 30.0 Å². The Morgan fingerprint density at radius 3 is 2.89 bits per heavy atom. The number of hydrogen-bond acceptors (Lipinski definition) is 3. The Morgan fingerprint density at radius 2 is 2.16 bits per heavy atom. The summed E-state index contributed by atoms with van der Waals surface area (Å²) in [5.41, 5.74) is 2.29. The maximum absolute atomic E-state index is 8.82. The van der Waals surface area contributed by atoms with Crippen molar-refractivity contribution in [2.24, 2.45) is 0 Å². The van der Waals surface area contributed by atoms with Crippen molar-refractivity contribution in [1.82, 2.24) is 4.90 Å². The molecule has 0 aliphatic carbocycles. The second-order valence-corrected chi connectivity index (χ2v) is 7.24. The van der Waals surface area contributed by atoms with Gasteiger partial charge >= 0.3 is 0 Å². The molecule has 1 fully saturated rings. The SMILES string of the molecule is CC1(C)CN(Cc2ccccc2C#CCO)CCS1. The van der Waals surface area contributed by atoms with Gasteiger partial charge in [0.05, 0.1) is 0 Å².